The van der Waals surface area contributed by atoms with Gasteiger partial charge in [-0.25, -0.2) is 4.79 Å². The number of halogens is 1. The number of hydrogen-bond donors (Lipinski definition) is 3. The van der Waals surface area contributed by atoms with Crippen molar-refractivity contribution in [2.75, 3.05) is 19.6 Å². The lowest BCUT2D eigenvalue weighted by molar-refractivity contribution is 0.0953. The van der Waals surface area contributed by atoms with Crippen LogP contribution >= 0.6 is 15.9 Å². The van der Waals surface area contributed by atoms with E-state index in [4.69, 9.17) is 0 Å². The molecule has 18 heavy (non-hydrogen) atoms. The zero-order valence-corrected chi connectivity index (χ0v) is 11.7. The van der Waals surface area contributed by atoms with E-state index in [0.717, 1.165) is 4.47 Å². The molecule has 0 saturated heterocycles. The average molecular weight is 314 g/mol. The Kier molecular flexibility index (Phi) is 6.21. The summed E-state index contributed by atoms with van der Waals surface area (Å²) < 4.78 is 0.857. The number of carbonyl (C=O) groups is 2. The van der Waals surface area contributed by atoms with Crippen molar-refractivity contribution < 1.29 is 9.59 Å². The standard InChI is InChI=1S/C12H16BrN3O2/c1-2-14-12(18)16-7-6-15-11(17)9-4-3-5-10(13)8-9/h3-5,8H,2,6-7H2,1H3,(H,15,17)(H2,14,16,18). The molecule has 1 aromatic carbocycles. The van der Waals surface area contributed by atoms with E-state index in [1.165, 1.54) is 0 Å². The molecule has 0 heterocycles. The maximum atomic E-state index is 11.7. The highest BCUT2D eigenvalue weighted by Crippen LogP contribution is 2.11. The summed E-state index contributed by atoms with van der Waals surface area (Å²) in [5, 5.41) is 7.95. The van der Waals surface area contributed by atoms with E-state index in [1.54, 1.807) is 18.2 Å². The fourth-order valence-electron chi connectivity index (χ4n) is 1.31. The van der Waals surface area contributed by atoms with Crippen molar-refractivity contribution in [3.63, 3.8) is 0 Å². The number of carbonyl (C=O) groups excluding carboxylic acids is 2. The topological polar surface area (TPSA) is 70.2 Å². The molecule has 0 saturated carbocycles. The quantitative estimate of drug-likeness (QED) is 0.721. The molecule has 0 aromatic heterocycles. The van der Waals surface area contributed by atoms with Gasteiger partial charge in [-0.15, -0.1) is 0 Å². The fourth-order valence-corrected chi connectivity index (χ4v) is 1.71. The molecule has 3 amide bonds. The molecule has 3 N–H and O–H groups in total. The van der Waals surface area contributed by atoms with Crippen molar-refractivity contribution in [2.24, 2.45) is 0 Å². The predicted molar refractivity (Wildman–Crippen MR) is 73.6 cm³/mol. The van der Waals surface area contributed by atoms with Gasteiger partial charge >= 0.3 is 6.03 Å². The first-order chi connectivity index (χ1) is 8.63. The summed E-state index contributed by atoms with van der Waals surface area (Å²) in [7, 11) is 0. The molecule has 0 aliphatic rings. The molecule has 0 radical (unpaired) electrons. The molecule has 1 aromatic rings. The molecule has 5 nitrogen and oxygen atoms in total. The minimum atomic E-state index is -0.228. The van der Waals surface area contributed by atoms with Gasteiger partial charge in [-0.1, -0.05) is 22.0 Å². The lowest BCUT2D eigenvalue weighted by atomic mass is 10.2. The summed E-state index contributed by atoms with van der Waals surface area (Å²) in [4.78, 5) is 22.8. The largest absolute Gasteiger partial charge is 0.350 e. The zero-order chi connectivity index (χ0) is 13.4. The van der Waals surface area contributed by atoms with Crippen LogP contribution in [0.25, 0.3) is 0 Å². The Morgan fingerprint density at radius 2 is 1.89 bits per heavy atom. The van der Waals surface area contributed by atoms with Crippen LogP contribution in [0, 0.1) is 0 Å². The number of rotatable bonds is 5. The molecule has 0 aliphatic carbocycles. The summed E-state index contributed by atoms with van der Waals surface area (Å²) in [6.07, 6.45) is 0. The smallest absolute Gasteiger partial charge is 0.314 e. The Hall–Kier alpha value is -1.56. The second-order valence-corrected chi connectivity index (χ2v) is 4.47. The Balaban J connectivity index is 2.27. The van der Waals surface area contributed by atoms with Crippen LogP contribution in [0.2, 0.25) is 0 Å². The fraction of sp³-hybridized carbons (Fsp3) is 0.333. The monoisotopic (exact) mass is 313 g/mol. The molecule has 0 fully saturated rings. The second kappa shape index (κ2) is 7.71. The number of hydrogen-bond acceptors (Lipinski definition) is 2. The summed E-state index contributed by atoms with van der Waals surface area (Å²) >= 11 is 3.30. The van der Waals surface area contributed by atoms with Crippen LogP contribution in [-0.4, -0.2) is 31.6 Å². The van der Waals surface area contributed by atoms with Crippen molar-refractivity contribution in [3.05, 3.63) is 34.3 Å². The van der Waals surface area contributed by atoms with Gasteiger partial charge in [0.15, 0.2) is 0 Å². The van der Waals surface area contributed by atoms with Crippen LogP contribution in [0.15, 0.2) is 28.7 Å². The van der Waals surface area contributed by atoms with Crippen LogP contribution < -0.4 is 16.0 Å². The van der Waals surface area contributed by atoms with E-state index in [1.807, 2.05) is 13.0 Å². The van der Waals surface area contributed by atoms with Gasteiger partial charge in [-0.2, -0.15) is 0 Å². The molecule has 0 aliphatic heterocycles. The van der Waals surface area contributed by atoms with Crippen molar-refractivity contribution in [3.8, 4) is 0 Å². The van der Waals surface area contributed by atoms with E-state index >= 15 is 0 Å². The van der Waals surface area contributed by atoms with Crippen LogP contribution in [0.5, 0.6) is 0 Å². The lowest BCUT2D eigenvalue weighted by Crippen LogP contribution is -2.40. The third kappa shape index (κ3) is 5.18. The van der Waals surface area contributed by atoms with Gasteiger partial charge in [0.1, 0.15) is 0 Å². The lowest BCUT2D eigenvalue weighted by Gasteiger charge is -2.07. The predicted octanol–water partition coefficient (Wildman–Crippen LogP) is 1.50. The normalized spacial score (nSPS) is 9.67. The molecule has 0 bridgehead atoms. The second-order valence-electron chi connectivity index (χ2n) is 3.55. The number of urea groups is 1. The maximum absolute atomic E-state index is 11.7. The first kappa shape index (κ1) is 14.5. The highest BCUT2D eigenvalue weighted by Gasteiger charge is 2.04. The van der Waals surface area contributed by atoms with E-state index in [-0.39, 0.29) is 11.9 Å². The Morgan fingerprint density at radius 3 is 2.56 bits per heavy atom. The van der Waals surface area contributed by atoms with Gasteiger partial charge in [0.25, 0.3) is 5.91 Å². The Morgan fingerprint density at radius 1 is 1.17 bits per heavy atom. The van der Waals surface area contributed by atoms with Crippen LogP contribution in [0.4, 0.5) is 4.79 Å². The molecular formula is C12H16BrN3O2. The highest BCUT2D eigenvalue weighted by atomic mass is 79.9. The van der Waals surface area contributed by atoms with Gasteiger partial charge in [0.2, 0.25) is 0 Å². The maximum Gasteiger partial charge on any atom is 0.314 e. The molecule has 0 atom stereocenters. The minimum Gasteiger partial charge on any atom is -0.350 e. The van der Waals surface area contributed by atoms with Crippen LogP contribution in [0.3, 0.4) is 0 Å². The SMILES string of the molecule is CCNC(=O)NCCNC(=O)c1cccc(Br)c1. The van der Waals surface area contributed by atoms with Crippen molar-refractivity contribution in [1.29, 1.82) is 0 Å². The summed E-state index contributed by atoms with van der Waals surface area (Å²) in [6, 6.07) is 6.90. The Labute approximate surface area is 114 Å². The van der Waals surface area contributed by atoms with Gasteiger partial charge in [0, 0.05) is 29.7 Å². The summed E-state index contributed by atoms with van der Waals surface area (Å²) in [5.74, 6) is -0.158. The molecule has 0 spiro atoms. The van der Waals surface area contributed by atoms with Gasteiger partial charge in [0.05, 0.1) is 0 Å². The number of nitrogens with one attached hydrogen (secondary N) is 3. The van der Waals surface area contributed by atoms with Crippen molar-refractivity contribution in [2.45, 2.75) is 6.92 Å². The third-order valence-electron chi connectivity index (χ3n) is 2.12. The average Bonchev–Trinajstić information content (AvgIpc) is 2.35. The molecule has 0 unspecified atom stereocenters. The van der Waals surface area contributed by atoms with Gasteiger partial charge < -0.3 is 16.0 Å². The van der Waals surface area contributed by atoms with E-state index < -0.39 is 0 Å². The highest BCUT2D eigenvalue weighted by molar-refractivity contribution is 9.10. The summed E-state index contributed by atoms with van der Waals surface area (Å²) in [5.41, 5.74) is 0.586. The Bertz CT molecular complexity index is 424. The number of amides is 3. The third-order valence-corrected chi connectivity index (χ3v) is 2.61. The first-order valence-electron chi connectivity index (χ1n) is 5.69. The minimum absolute atomic E-state index is 0.158. The van der Waals surface area contributed by atoms with Gasteiger partial charge in [-0.05, 0) is 25.1 Å². The van der Waals surface area contributed by atoms with Crippen molar-refractivity contribution in [1.82, 2.24) is 16.0 Å². The van der Waals surface area contributed by atoms with Crippen LogP contribution in [0.1, 0.15) is 17.3 Å². The number of benzene rings is 1. The molecule has 1 rings (SSSR count). The molecule has 98 valence electrons. The molecular weight excluding hydrogens is 298 g/mol. The zero-order valence-electron chi connectivity index (χ0n) is 10.1. The van der Waals surface area contributed by atoms with E-state index in [9.17, 15) is 9.59 Å². The van der Waals surface area contributed by atoms with Crippen LogP contribution in [-0.2, 0) is 0 Å². The first-order valence-corrected chi connectivity index (χ1v) is 6.48. The van der Waals surface area contributed by atoms with Gasteiger partial charge in [-0.3, -0.25) is 4.79 Å². The van der Waals surface area contributed by atoms with E-state index in [2.05, 4.69) is 31.9 Å². The molecule has 6 heteroatoms. The van der Waals surface area contributed by atoms with E-state index in [0.29, 0.717) is 25.2 Å². The van der Waals surface area contributed by atoms with Crippen molar-refractivity contribution >= 4 is 27.9 Å². The summed E-state index contributed by atoms with van der Waals surface area (Å²) in [6.45, 7) is 3.21.